The zero-order valence-corrected chi connectivity index (χ0v) is 24.2. The zero-order valence-electron chi connectivity index (χ0n) is 24.2. The second-order valence-corrected chi connectivity index (χ2v) is 9.48. The summed E-state index contributed by atoms with van der Waals surface area (Å²) in [5, 5.41) is 0. The van der Waals surface area contributed by atoms with Crippen molar-refractivity contribution in [1.82, 2.24) is 4.90 Å². The van der Waals surface area contributed by atoms with Gasteiger partial charge in [0, 0.05) is 26.3 Å². The van der Waals surface area contributed by atoms with E-state index in [1.54, 1.807) is 13.8 Å². The lowest BCUT2D eigenvalue weighted by Gasteiger charge is -2.47. The maximum absolute atomic E-state index is 14.3. The van der Waals surface area contributed by atoms with Gasteiger partial charge in [-0.1, -0.05) is 0 Å². The highest BCUT2D eigenvalue weighted by atomic mass is 16.7. The molecule has 0 saturated carbocycles. The number of fused-ring (bicyclic) bond motifs is 4. The molecular weight excluding hydrogens is 574 g/mol. The van der Waals surface area contributed by atoms with Crippen molar-refractivity contribution in [2.24, 2.45) is 0 Å². The van der Waals surface area contributed by atoms with Crippen molar-refractivity contribution >= 4 is 41.3 Å². The Hall–Kier alpha value is -4.82. The summed E-state index contributed by atoms with van der Waals surface area (Å²) in [6.07, 6.45) is -2.68. The highest BCUT2D eigenvalue weighted by Gasteiger charge is 2.54. The molecule has 4 rings (SSSR count). The van der Waals surface area contributed by atoms with E-state index in [1.165, 1.54) is 12.1 Å². The van der Waals surface area contributed by atoms with E-state index < -0.39 is 73.3 Å². The number of hydrogen-bond acceptors (Lipinski definition) is 14. The van der Waals surface area contributed by atoms with Crippen molar-refractivity contribution in [3.63, 3.8) is 0 Å². The van der Waals surface area contributed by atoms with Crippen LogP contribution < -0.4 is 14.2 Å². The van der Waals surface area contributed by atoms with Crippen LogP contribution in [0.15, 0.2) is 12.1 Å². The Kier molecular flexibility index (Phi) is 9.41. The molecular formula is C28H31NO14. The lowest BCUT2D eigenvalue weighted by atomic mass is 9.77. The molecule has 0 N–H and O–H groups in total. The second kappa shape index (κ2) is 13.0. The van der Waals surface area contributed by atoms with Crippen molar-refractivity contribution in [2.75, 3.05) is 33.2 Å². The standard InChI is InChI=1S/C28H31NO14/c1-6-36-20(33)10-29-23-17(9-19(41-13(3)30)25(42-14(4)31)27(23)43-15(5)32)16-8-18-24(40-12-39-18)26(22(16)28(29)35)38-11-21(34)37-7-2/h8-9,19,23,25,27H,6-7,10-12H2,1-5H3/t19-,23+,25-,27-/m0/s1. The summed E-state index contributed by atoms with van der Waals surface area (Å²) in [6.45, 7) is 5.22. The Balaban J connectivity index is 1.98. The van der Waals surface area contributed by atoms with Crippen LogP contribution in [-0.2, 0) is 47.7 Å². The van der Waals surface area contributed by atoms with Crippen LogP contribution in [0, 0.1) is 0 Å². The fourth-order valence-electron chi connectivity index (χ4n) is 5.16. The van der Waals surface area contributed by atoms with Gasteiger partial charge in [0.2, 0.25) is 12.5 Å². The van der Waals surface area contributed by atoms with Gasteiger partial charge in [-0.25, -0.2) is 4.79 Å². The molecule has 4 atom stereocenters. The Bertz CT molecular complexity index is 1370. The molecule has 2 heterocycles. The minimum Gasteiger partial charge on any atom is -0.477 e. The molecule has 0 unspecified atom stereocenters. The third-order valence-electron chi connectivity index (χ3n) is 6.51. The van der Waals surface area contributed by atoms with E-state index in [-0.39, 0.29) is 54.0 Å². The second-order valence-electron chi connectivity index (χ2n) is 9.48. The van der Waals surface area contributed by atoms with Crippen LogP contribution in [0.4, 0.5) is 0 Å². The van der Waals surface area contributed by atoms with Gasteiger partial charge in [-0.05, 0) is 31.6 Å². The molecule has 0 radical (unpaired) electrons. The van der Waals surface area contributed by atoms with Crippen LogP contribution in [0.3, 0.4) is 0 Å². The topological polar surface area (TPSA) is 179 Å². The summed E-state index contributed by atoms with van der Waals surface area (Å²) in [5.74, 6) is -4.58. The Labute approximate surface area is 245 Å². The van der Waals surface area contributed by atoms with Gasteiger partial charge >= 0.3 is 29.8 Å². The van der Waals surface area contributed by atoms with Gasteiger partial charge in [0.05, 0.1) is 24.8 Å². The van der Waals surface area contributed by atoms with E-state index in [4.69, 9.17) is 37.9 Å². The quantitative estimate of drug-likeness (QED) is 0.272. The van der Waals surface area contributed by atoms with E-state index in [0.717, 1.165) is 25.7 Å². The van der Waals surface area contributed by atoms with Crippen LogP contribution in [0.25, 0.3) is 5.57 Å². The van der Waals surface area contributed by atoms with E-state index in [2.05, 4.69) is 0 Å². The monoisotopic (exact) mass is 605 g/mol. The Morgan fingerprint density at radius 3 is 2.14 bits per heavy atom. The molecule has 1 aromatic carbocycles. The van der Waals surface area contributed by atoms with Crippen LogP contribution in [0.5, 0.6) is 17.2 Å². The number of esters is 5. The molecule has 0 fully saturated rings. The molecule has 0 bridgehead atoms. The maximum atomic E-state index is 14.3. The molecule has 0 aromatic heterocycles. The Morgan fingerprint density at radius 2 is 1.51 bits per heavy atom. The van der Waals surface area contributed by atoms with E-state index in [1.807, 2.05) is 0 Å². The molecule has 15 heteroatoms. The number of amides is 1. The predicted octanol–water partition coefficient (Wildman–Crippen LogP) is 0.937. The molecule has 3 aliphatic rings. The van der Waals surface area contributed by atoms with Crippen LogP contribution in [-0.4, -0.2) is 98.2 Å². The first-order chi connectivity index (χ1) is 20.5. The maximum Gasteiger partial charge on any atom is 0.344 e. The molecule has 15 nitrogen and oxygen atoms in total. The molecule has 232 valence electrons. The summed E-state index contributed by atoms with van der Waals surface area (Å²) < 4.78 is 43.5. The SMILES string of the molecule is CCOC(=O)COc1c2c(cc3c1C(=O)N(CC(=O)OCC)[C@@H]1C3=C[C@H](OC(C)=O)[C@H](OC(C)=O)[C@H]1OC(C)=O)OCO2. The average molecular weight is 606 g/mol. The first-order valence-corrected chi connectivity index (χ1v) is 13.4. The van der Waals surface area contributed by atoms with E-state index in [0.29, 0.717) is 0 Å². The average Bonchev–Trinajstić information content (AvgIpc) is 3.39. The van der Waals surface area contributed by atoms with Crippen LogP contribution in [0.1, 0.15) is 50.5 Å². The lowest BCUT2D eigenvalue weighted by Crippen LogP contribution is -2.62. The third kappa shape index (κ3) is 6.49. The van der Waals surface area contributed by atoms with Crippen molar-refractivity contribution in [3.8, 4) is 17.2 Å². The highest BCUT2D eigenvalue weighted by molar-refractivity contribution is 6.09. The predicted molar refractivity (Wildman–Crippen MR) is 141 cm³/mol. The van der Waals surface area contributed by atoms with Gasteiger partial charge in [-0.15, -0.1) is 0 Å². The molecule has 1 aromatic rings. The Morgan fingerprint density at radius 1 is 0.884 bits per heavy atom. The molecule has 0 spiro atoms. The van der Waals surface area contributed by atoms with Crippen molar-refractivity contribution in [2.45, 2.75) is 59.0 Å². The number of nitrogens with zero attached hydrogens (tertiary/aromatic N) is 1. The summed E-state index contributed by atoms with van der Waals surface area (Å²) in [4.78, 5) is 76.8. The lowest BCUT2D eigenvalue weighted by molar-refractivity contribution is -0.184. The van der Waals surface area contributed by atoms with Gasteiger partial charge in [0.25, 0.3) is 5.91 Å². The third-order valence-corrected chi connectivity index (χ3v) is 6.51. The number of rotatable bonds is 10. The van der Waals surface area contributed by atoms with Crippen molar-refractivity contribution in [1.29, 1.82) is 0 Å². The van der Waals surface area contributed by atoms with Crippen molar-refractivity contribution in [3.05, 3.63) is 23.3 Å². The number of carbonyl (C=O) groups is 6. The number of ether oxygens (including phenoxy) is 8. The normalized spacial score (nSPS) is 21.5. The smallest absolute Gasteiger partial charge is 0.344 e. The molecule has 43 heavy (non-hydrogen) atoms. The van der Waals surface area contributed by atoms with Gasteiger partial charge in [0.1, 0.15) is 6.54 Å². The minimum absolute atomic E-state index is 0.00930. The molecule has 0 saturated heterocycles. The fraction of sp³-hybridized carbons (Fsp3) is 0.500. The summed E-state index contributed by atoms with van der Waals surface area (Å²) >= 11 is 0. The van der Waals surface area contributed by atoms with Crippen molar-refractivity contribution < 1.29 is 66.7 Å². The van der Waals surface area contributed by atoms with Gasteiger partial charge < -0.3 is 42.8 Å². The molecule has 1 amide bonds. The first-order valence-electron chi connectivity index (χ1n) is 13.4. The highest BCUT2D eigenvalue weighted by Crippen LogP contribution is 2.51. The minimum atomic E-state index is -1.44. The van der Waals surface area contributed by atoms with E-state index >= 15 is 0 Å². The number of benzene rings is 1. The fourth-order valence-corrected chi connectivity index (χ4v) is 5.16. The largest absolute Gasteiger partial charge is 0.477 e. The number of hydrogen-bond donors (Lipinski definition) is 0. The molecule has 1 aliphatic carbocycles. The van der Waals surface area contributed by atoms with Gasteiger partial charge in [0.15, 0.2) is 36.4 Å². The summed E-state index contributed by atoms with van der Waals surface area (Å²) in [7, 11) is 0. The number of carbonyl (C=O) groups excluding carboxylic acids is 6. The van der Waals surface area contributed by atoms with Gasteiger partial charge in [-0.3, -0.25) is 24.0 Å². The van der Waals surface area contributed by atoms with Crippen LogP contribution in [0.2, 0.25) is 0 Å². The van der Waals surface area contributed by atoms with Crippen LogP contribution >= 0.6 is 0 Å². The summed E-state index contributed by atoms with van der Waals surface area (Å²) in [6, 6.07) is 0.248. The molecule has 2 aliphatic heterocycles. The zero-order chi connectivity index (χ0) is 31.4. The van der Waals surface area contributed by atoms with E-state index in [9.17, 15) is 28.8 Å². The summed E-state index contributed by atoms with van der Waals surface area (Å²) in [5.41, 5.74) is 0.322. The first kappa shape index (κ1) is 31.1. The van der Waals surface area contributed by atoms with Gasteiger partial charge in [-0.2, -0.15) is 0 Å².